The predicted molar refractivity (Wildman–Crippen MR) is 505 cm³/mol. The molecule has 0 unspecified atom stereocenters. The molecule has 12 rings (SSSR count). The fraction of sp³-hybridized carbons (Fsp3) is 0.377. The number of carbonyl (C=O) groups is 14. The van der Waals surface area contributed by atoms with Crippen LogP contribution in [-0.4, -0.2) is 182 Å². The molecular weight excluding hydrogens is 1740 g/mol. The minimum Gasteiger partial charge on any atom is -0.496 e. The van der Waals surface area contributed by atoms with Crippen LogP contribution in [0.4, 0.5) is 21.0 Å². The molecule has 0 spiro atoms. The number of ketones is 2. The number of ether oxygens (including phenoxy) is 9. The van der Waals surface area contributed by atoms with Crippen molar-refractivity contribution in [2.45, 2.75) is 193 Å². The summed E-state index contributed by atoms with van der Waals surface area (Å²) in [6, 6.07) is 50.9. The molecule has 2 aliphatic heterocycles. The Hall–Kier alpha value is -14.6. The van der Waals surface area contributed by atoms with Crippen molar-refractivity contribution in [2.24, 2.45) is 10.8 Å². The van der Waals surface area contributed by atoms with E-state index in [4.69, 9.17) is 42.6 Å². The zero-order chi connectivity index (χ0) is 98.3. The van der Waals surface area contributed by atoms with Gasteiger partial charge in [0.25, 0.3) is 11.8 Å². The van der Waals surface area contributed by atoms with Gasteiger partial charge in [0.15, 0.2) is 0 Å². The first-order valence-corrected chi connectivity index (χ1v) is 45.3. The third-order valence-corrected chi connectivity index (χ3v) is 24.2. The third-order valence-electron chi connectivity index (χ3n) is 24.2. The number of piperidine rings is 2. The number of rotatable bonds is 38. The average Bonchev–Trinajstić information content (AvgIpc) is 1.61. The maximum atomic E-state index is 14.3. The number of carboxylic acids is 1. The maximum absolute atomic E-state index is 14.3. The first-order chi connectivity index (χ1) is 64.9. The van der Waals surface area contributed by atoms with Crippen LogP contribution in [0.15, 0.2) is 207 Å². The fourth-order valence-corrected chi connectivity index (χ4v) is 16.9. The Morgan fingerprint density at radius 2 is 0.824 bits per heavy atom. The van der Waals surface area contributed by atoms with Crippen molar-refractivity contribution < 1.29 is 115 Å². The van der Waals surface area contributed by atoms with E-state index in [1.165, 1.54) is 37.5 Å². The van der Waals surface area contributed by atoms with E-state index in [0.717, 1.165) is 78.9 Å². The summed E-state index contributed by atoms with van der Waals surface area (Å²) in [4.78, 5) is 189. The Balaban J connectivity index is 0.000000262. The molecule has 136 heavy (non-hydrogen) atoms. The quantitative estimate of drug-likeness (QED) is 0.0104. The number of anilines is 2. The van der Waals surface area contributed by atoms with Gasteiger partial charge in [0.1, 0.15) is 79.9 Å². The lowest BCUT2D eigenvalue weighted by Crippen LogP contribution is -2.53. The first-order valence-electron chi connectivity index (χ1n) is 45.3. The Bertz CT molecular complexity index is 5720. The molecule has 2 heterocycles. The first kappa shape index (κ1) is 102. The number of carboxylic acid groups (broad SMARTS) is 1. The van der Waals surface area contributed by atoms with Crippen molar-refractivity contribution >= 4 is 94.6 Å². The number of aryl methyl sites for hydroxylation is 4. The molecule has 2 aliphatic carbocycles. The summed E-state index contributed by atoms with van der Waals surface area (Å²) in [5, 5.41) is 20.2. The van der Waals surface area contributed by atoms with E-state index in [2.05, 4.69) is 34.4 Å². The number of Topliss-reactive ketones (excluding diaryl/α,β-unsaturated/α-hetero) is 2. The number of esters is 5. The minimum atomic E-state index is -1.52. The summed E-state index contributed by atoms with van der Waals surface area (Å²) in [5.41, 5.74) is 9.60. The average molecular weight is 1860 g/mol. The van der Waals surface area contributed by atoms with E-state index < -0.39 is 149 Å². The lowest BCUT2D eigenvalue weighted by molar-refractivity contribution is -0.165. The highest BCUT2D eigenvalue weighted by molar-refractivity contribution is 6.39. The number of likely N-dealkylation sites (tertiary alicyclic amines) is 2. The summed E-state index contributed by atoms with van der Waals surface area (Å²) in [7, 11) is 3.15. The Labute approximate surface area is 790 Å². The van der Waals surface area contributed by atoms with Crippen molar-refractivity contribution in [3.63, 3.8) is 0 Å². The largest absolute Gasteiger partial charge is 0.496 e. The van der Waals surface area contributed by atoms with Gasteiger partial charge >= 0.3 is 48.0 Å². The van der Waals surface area contributed by atoms with Gasteiger partial charge in [0.2, 0.25) is 23.4 Å². The van der Waals surface area contributed by atoms with Crippen LogP contribution in [-0.2, 0) is 104 Å². The van der Waals surface area contributed by atoms with E-state index >= 15 is 0 Å². The van der Waals surface area contributed by atoms with Gasteiger partial charge in [-0.2, -0.15) is 0 Å². The SMILES string of the molecule is C=CC(=O)OCC(C)(C)C(=O)C(=O)N1CCCC[C@H]1C(=O)O[C@H](CCc1ccc(C)c(OC)c1)c1cccc(NC(=O)[C@H](CC(=O)O)NC(=O)OCC2c3ccccc3-c3ccccc32)c1.C=CC(=O)OCC(C)(C)C(=O)C(=O)N1CCCC[C@H]1C(=O)O[C@H](CCc1ccc(C)c(OC)c1)c1cccc(NC(=O)[C@H](CC(=O)OC(C)(C)C)NC(=O)OCC2c3ccccc3-c3ccccc32)c1. The number of nitrogens with one attached hydrogen (secondary N) is 4. The van der Waals surface area contributed by atoms with Crippen molar-refractivity contribution in [2.75, 3.05) is 64.4 Å². The number of fused-ring (bicyclic) bond motifs is 6. The normalized spacial score (nSPS) is 15.2. The standard InChI is InChI=1S/C55H63N3O12.C51H55N3O12/c1-9-47(59)68-33-55(6,7)49(61)51(63)58-28-15-14-23-44(58)52(64)69-45(27-26-35-25-24-34(2)46(29-35)66-8)36-17-16-18-37(30-36)56-50(62)43(31-48(60)70-54(3,4)5)57-53(65)67-32-42-40-21-12-10-19-38(40)39-20-11-13-22-41(39)42;1-6-45(57)65-30-51(3,4)46(58)48(60)54-25-12-11-20-41(54)49(61)66-42(24-23-32-22-21-31(2)43(26-32)63-5)33-14-13-15-34(27-33)52-47(59)40(28-44(55)56)53-50(62)64-29-39-37-18-9-7-16-35(37)36-17-8-10-19-38(36)39/h9-13,16-22,24-25,29-30,42-45H,1,14-15,23,26-28,31-33H2,2-8H3,(H,56,62)(H,57,65);6-10,13-19,21-22,26-27,39-42H,1,11-12,20,23-25,28-30H2,2-5H3,(H,52,59)(H,53,62)(H,55,56)/t43-,44-,45+;40-,41-,42+/m00/s1. The van der Waals surface area contributed by atoms with Crippen LogP contribution >= 0.6 is 0 Å². The highest BCUT2D eigenvalue weighted by Gasteiger charge is 2.46. The molecule has 6 amide bonds. The van der Waals surface area contributed by atoms with E-state index in [1.807, 2.05) is 147 Å². The monoisotopic (exact) mass is 1860 g/mol. The topological polar surface area (TPSA) is 397 Å². The molecule has 30 heteroatoms. The summed E-state index contributed by atoms with van der Waals surface area (Å²) in [6.45, 7) is 21.0. The van der Waals surface area contributed by atoms with Gasteiger partial charge < -0.3 is 78.8 Å². The lowest BCUT2D eigenvalue weighted by atomic mass is 9.87. The Morgan fingerprint density at radius 1 is 0.456 bits per heavy atom. The van der Waals surface area contributed by atoms with Crippen LogP contribution in [0.1, 0.15) is 192 Å². The second kappa shape index (κ2) is 46.4. The molecule has 0 aromatic heterocycles. The van der Waals surface area contributed by atoms with Crippen molar-refractivity contribution in [1.82, 2.24) is 20.4 Å². The van der Waals surface area contributed by atoms with Gasteiger partial charge in [-0.3, -0.25) is 38.4 Å². The van der Waals surface area contributed by atoms with Crippen LogP contribution in [0.25, 0.3) is 22.3 Å². The molecule has 6 atom stereocenters. The smallest absolute Gasteiger partial charge is 0.407 e. The second-order valence-corrected chi connectivity index (χ2v) is 36.3. The number of nitrogens with zero attached hydrogens (tertiary/aromatic N) is 2. The van der Waals surface area contributed by atoms with Crippen molar-refractivity contribution in [3.05, 3.63) is 263 Å². The maximum Gasteiger partial charge on any atom is 0.407 e. The van der Waals surface area contributed by atoms with Gasteiger partial charge in [0, 0.05) is 48.5 Å². The molecule has 2 fully saturated rings. The molecule has 8 aromatic rings. The van der Waals surface area contributed by atoms with Gasteiger partial charge in [0.05, 0.1) is 37.9 Å². The van der Waals surface area contributed by atoms with Crippen LogP contribution in [0, 0.1) is 24.7 Å². The zero-order valence-corrected chi connectivity index (χ0v) is 78.5. The van der Waals surface area contributed by atoms with Crippen molar-refractivity contribution in [3.8, 4) is 33.8 Å². The van der Waals surface area contributed by atoms with Gasteiger partial charge in [-0.05, 0) is 241 Å². The molecule has 2 saturated heterocycles. The van der Waals surface area contributed by atoms with E-state index in [-0.39, 0.29) is 88.4 Å². The molecule has 4 aliphatic rings. The number of hydrogen-bond acceptors (Lipinski definition) is 23. The molecule has 8 aromatic carbocycles. The number of amides is 6. The van der Waals surface area contributed by atoms with Crippen LogP contribution < -0.4 is 30.7 Å². The number of benzene rings is 8. The van der Waals surface area contributed by atoms with E-state index in [0.29, 0.717) is 61.2 Å². The highest BCUT2D eigenvalue weighted by atomic mass is 16.6. The van der Waals surface area contributed by atoms with Crippen LogP contribution in [0.5, 0.6) is 11.5 Å². The van der Waals surface area contributed by atoms with E-state index in [1.54, 1.807) is 83.5 Å². The van der Waals surface area contributed by atoms with Crippen molar-refractivity contribution in [1.29, 1.82) is 0 Å². The molecule has 0 bridgehead atoms. The summed E-state index contributed by atoms with van der Waals surface area (Å²) < 4.78 is 50.7. The zero-order valence-electron chi connectivity index (χ0n) is 78.5. The van der Waals surface area contributed by atoms with Gasteiger partial charge in [-0.1, -0.05) is 159 Å². The number of aliphatic carboxylic acids is 1. The fourth-order valence-electron chi connectivity index (χ4n) is 16.9. The van der Waals surface area contributed by atoms with E-state index in [9.17, 15) is 72.2 Å². The van der Waals surface area contributed by atoms with Gasteiger partial charge in [-0.15, -0.1) is 0 Å². The molecule has 30 nitrogen and oxygen atoms in total. The summed E-state index contributed by atoms with van der Waals surface area (Å²) in [6.07, 6.45) is 1.08. The second-order valence-electron chi connectivity index (χ2n) is 36.3. The third kappa shape index (κ3) is 26.7. The Kier molecular flexibility index (Phi) is 34.8. The predicted octanol–water partition coefficient (Wildman–Crippen LogP) is 15.8. The molecule has 0 saturated carbocycles. The molecular formula is C106H118N6O24. The summed E-state index contributed by atoms with van der Waals surface area (Å²) >= 11 is 0. The number of alkyl carbamates (subject to hydrolysis) is 2. The Morgan fingerprint density at radius 3 is 1.18 bits per heavy atom. The molecule has 716 valence electrons. The summed E-state index contributed by atoms with van der Waals surface area (Å²) in [5.74, 6) is -9.14. The number of methoxy groups -OCH3 is 2. The minimum absolute atomic E-state index is 0.0214. The number of hydrogen-bond donors (Lipinski definition) is 5. The molecule has 5 N–H and O–H groups in total. The van der Waals surface area contributed by atoms with Gasteiger partial charge in [-0.25, -0.2) is 28.8 Å². The molecule has 0 radical (unpaired) electrons. The van der Waals surface area contributed by atoms with Crippen LogP contribution in [0.3, 0.4) is 0 Å². The highest BCUT2D eigenvalue weighted by Crippen LogP contribution is 2.47. The number of carbonyl (C=O) groups excluding carboxylic acids is 13. The lowest BCUT2D eigenvalue weighted by Gasteiger charge is -2.36. The van der Waals surface area contributed by atoms with Crippen LogP contribution in [0.2, 0.25) is 0 Å².